The van der Waals surface area contributed by atoms with Crippen LogP contribution < -0.4 is 0 Å². The van der Waals surface area contributed by atoms with Crippen LogP contribution in [0.15, 0.2) is 24.3 Å². The van der Waals surface area contributed by atoms with Gasteiger partial charge in [-0.25, -0.2) is 0 Å². The number of fused-ring (bicyclic) bond motifs is 1. The summed E-state index contributed by atoms with van der Waals surface area (Å²) in [5.41, 5.74) is 10.9. The van der Waals surface area contributed by atoms with Gasteiger partial charge < -0.3 is 10.2 Å². The van der Waals surface area contributed by atoms with Gasteiger partial charge >= 0.3 is 0 Å². The van der Waals surface area contributed by atoms with E-state index >= 15 is 0 Å². The smallest absolute Gasteiger partial charge is 0.0600 e. The zero-order chi connectivity index (χ0) is 21.9. The van der Waals surface area contributed by atoms with Crippen molar-refractivity contribution in [2.24, 2.45) is 0 Å². The molecule has 30 heavy (non-hydrogen) atoms. The number of pyridine rings is 1. The van der Waals surface area contributed by atoms with Gasteiger partial charge in [0.15, 0.2) is 0 Å². The minimum atomic E-state index is -0.375. The van der Waals surface area contributed by atoms with Crippen molar-refractivity contribution < 1.29 is 30.3 Å². The molecule has 0 bridgehead atoms. The molecule has 2 N–H and O–H groups in total. The van der Waals surface area contributed by atoms with E-state index in [2.05, 4.69) is 71.9 Å². The Hall–Kier alpha value is -1.58. The molecule has 0 aliphatic heterocycles. The third-order valence-corrected chi connectivity index (χ3v) is 5.36. The van der Waals surface area contributed by atoms with E-state index in [9.17, 15) is 0 Å². The molecule has 3 aromatic rings. The van der Waals surface area contributed by atoms with E-state index < -0.39 is 0 Å². The molecule has 0 fully saturated rings. The summed E-state index contributed by atoms with van der Waals surface area (Å²) < 4.78 is 0. The van der Waals surface area contributed by atoms with Crippen LogP contribution in [0.1, 0.15) is 53.6 Å². The van der Waals surface area contributed by atoms with Gasteiger partial charge in [0, 0.05) is 25.5 Å². The number of aliphatic hydroxyl groups excluding tert-OH is 2. The van der Waals surface area contributed by atoms with Crippen LogP contribution in [0.25, 0.3) is 22.2 Å². The van der Waals surface area contributed by atoms with E-state index in [1.165, 1.54) is 38.8 Å². The monoisotopic (exact) mass is 585 g/mol. The zero-order valence-corrected chi connectivity index (χ0v) is 21.7. The van der Waals surface area contributed by atoms with Crippen LogP contribution >= 0.6 is 0 Å². The number of rotatable bonds is 3. The zero-order valence-electron chi connectivity index (χ0n) is 19.3. The van der Waals surface area contributed by atoms with Crippen LogP contribution in [0.2, 0.25) is 0 Å². The van der Waals surface area contributed by atoms with Gasteiger partial charge in [-0.3, -0.25) is 4.98 Å². The molecule has 0 aliphatic carbocycles. The summed E-state index contributed by atoms with van der Waals surface area (Å²) in [4.78, 5) is 4.97. The van der Waals surface area contributed by atoms with Crippen LogP contribution in [-0.4, -0.2) is 27.4 Å². The van der Waals surface area contributed by atoms with E-state index in [0.29, 0.717) is 6.42 Å². The van der Waals surface area contributed by atoms with E-state index in [0.717, 1.165) is 16.8 Å². The molecular formula is C26H34IrNO2-. The maximum atomic E-state index is 8.56. The van der Waals surface area contributed by atoms with Crippen LogP contribution in [0.4, 0.5) is 0 Å². The number of aromatic nitrogens is 1. The fourth-order valence-corrected chi connectivity index (χ4v) is 3.60. The molecule has 165 valence electrons. The number of hydrogen-bond acceptors (Lipinski definition) is 3. The van der Waals surface area contributed by atoms with Crippen LogP contribution in [0.5, 0.6) is 0 Å². The van der Waals surface area contributed by atoms with E-state index in [4.69, 9.17) is 15.2 Å². The summed E-state index contributed by atoms with van der Waals surface area (Å²) in [6.45, 7) is 16.2. The largest absolute Gasteiger partial charge is 0.393 e. The number of aryl methyl sites for hydroxylation is 4. The molecule has 3 nitrogen and oxygen atoms in total. The van der Waals surface area contributed by atoms with Gasteiger partial charge in [0.05, 0.1) is 17.7 Å². The van der Waals surface area contributed by atoms with Crippen molar-refractivity contribution in [2.45, 2.75) is 74.0 Å². The summed E-state index contributed by atoms with van der Waals surface area (Å²) in [5.74, 6) is 0. The quantitative estimate of drug-likeness (QED) is 0.389. The first kappa shape index (κ1) is 26.5. The first-order valence-corrected chi connectivity index (χ1v) is 10.2. The molecule has 0 saturated carbocycles. The fourth-order valence-electron chi connectivity index (χ4n) is 3.60. The Morgan fingerprint density at radius 2 is 1.43 bits per heavy atom. The van der Waals surface area contributed by atoms with E-state index in [1.807, 2.05) is 0 Å². The number of hydrogen-bond donors (Lipinski definition) is 2. The van der Waals surface area contributed by atoms with Crippen LogP contribution in [-0.2, 0) is 20.1 Å². The molecule has 0 spiro atoms. The van der Waals surface area contributed by atoms with Gasteiger partial charge in [-0.2, -0.15) is 0 Å². The molecule has 0 amide bonds. The van der Waals surface area contributed by atoms with E-state index in [1.54, 1.807) is 13.8 Å². The second kappa shape index (κ2) is 11.2. The first-order chi connectivity index (χ1) is 13.5. The van der Waals surface area contributed by atoms with Gasteiger partial charge in [-0.05, 0) is 63.9 Å². The maximum absolute atomic E-state index is 8.56. The third-order valence-electron chi connectivity index (χ3n) is 5.36. The minimum Gasteiger partial charge on any atom is -0.393 e. The van der Waals surface area contributed by atoms with Gasteiger partial charge in [-0.15, -0.1) is 34.4 Å². The van der Waals surface area contributed by atoms with Crippen molar-refractivity contribution >= 4 is 10.9 Å². The van der Waals surface area contributed by atoms with Gasteiger partial charge in [0.1, 0.15) is 0 Å². The fraction of sp³-hybridized carbons (Fsp3) is 0.423. The molecule has 0 saturated heterocycles. The Balaban J connectivity index is 0.000000489. The Labute approximate surface area is 194 Å². The second-order valence-electron chi connectivity index (χ2n) is 8.33. The summed E-state index contributed by atoms with van der Waals surface area (Å²) in [5, 5.41) is 18.4. The standard InChI is InChI=1S/C21H22N.C5H12O2.Ir/c1-12-9-14(3)19-11-15(4)21(22-20(19)10-12)18-8-7-13(2)16(5)17(18)6;1-4(6)3-5(2)7;/h7,9-11H,1-6H3;4-7H,3H2,1-2H3;/q-1;;. The summed E-state index contributed by atoms with van der Waals surface area (Å²) in [6.07, 6.45) is -0.278. The first-order valence-electron chi connectivity index (χ1n) is 10.2. The van der Waals surface area contributed by atoms with Crippen LogP contribution in [0, 0.1) is 47.6 Å². The molecule has 1 aromatic heterocycles. The molecule has 2 aromatic carbocycles. The Morgan fingerprint density at radius 1 is 0.833 bits per heavy atom. The summed E-state index contributed by atoms with van der Waals surface area (Å²) in [7, 11) is 0. The van der Waals surface area contributed by atoms with Crippen molar-refractivity contribution in [3.05, 3.63) is 63.7 Å². The number of nitrogens with zero attached hydrogens (tertiary/aromatic N) is 1. The SMILES string of the molecule is CC(O)CC(C)O.Cc1cc(C)c2cc(C)c(-c3[c-]cc(C)c(C)c3C)nc2c1.[Ir]. The predicted octanol–water partition coefficient (Wildman–Crippen LogP) is 5.69. The molecule has 2 unspecified atom stereocenters. The van der Waals surface area contributed by atoms with Crippen molar-refractivity contribution in [1.29, 1.82) is 0 Å². The van der Waals surface area contributed by atoms with Crippen molar-refractivity contribution in [3.63, 3.8) is 0 Å². The molecular weight excluding hydrogens is 551 g/mol. The number of aliphatic hydroxyl groups is 2. The Morgan fingerprint density at radius 3 is 1.97 bits per heavy atom. The maximum Gasteiger partial charge on any atom is 0.0600 e. The average Bonchev–Trinajstić information content (AvgIpc) is 2.60. The molecule has 2 atom stereocenters. The van der Waals surface area contributed by atoms with Gasteiger partial charge in [0.25, 0.3) is 0 Å². The molecule has 1 radical (unpaired) electrons. The van der Waals surface area contributed by atoms with Crippen molar-refractivity contribution in [1.82, 2.24) is 4.98 Å². The Bertz CT molecular complexity index is 1000. The minimum absolute atomic E-state index is 0. The topological polar surface area (TPSA) is 53.4 Å². The van der Waals surface area contributed by atoms with E-state index in [-0.39, 0.29) is 32.3 Å². The summed E-state index contributed by atoms with van der Waals surface area (Å²) >= 11 is 0. The second-order valence-corrected chi connectivity index (χ2v) is 8.33. The predicted molar refractivity (Wildman–Crippen MR) is 122 cm³/mol. The van der Waals surface area contributed by atoms with Crippen molar-refractivity contribution in [3.8, 4) is 11.3 Å². The molecule has 0 aliphatic rings. The molecule has 1 heterocycles. The molecule has 3 rings (SSSR count). The number of benzene rings is 2. The van der Waals surface area contributed by atoms with Crippen LogP contribution in [0.3, 0.4) is 0 Å². The van der Waals surface area contributed by atoms with Crippen molar-refractivity contribution in [2.75, 3.05) is 0 Å². The third kappa shape index (κ3) is 6.46. The Kier molecular flexibility index (Phi) is 9.84. The van der Waals surface area contributed by atoms with Gasteiger partial charge in [0.2, 0.25) is 0 Å². The molecule has 4 heteroatoms. The van der Waals surface area contributed by atoms with Gasteiger partial charge in [-0.1, -0.05) is 38.5 Å². The average molecular weight is 585 g/mol. The summed E-state index contributed by atoms with van der Waals surface area (Å²) in [6, 6.07) is 12.2. The normalized spacial score (nSPS) is 12.6.